The molecule has 118 valence electrons. The molecule has 0 aromatic heterocycles. The van der Waals surface area contributed by atoms with Crippen molar-refractivity contribution in [1.29, 1.82) is 0 Å². The third-order valence-electron chi connectivity index (χ3n) is 3.62. The van der Waals surface area contributed by atoms with Crippen LogP contribution < -0.4 is 9.46 Å². The lowest BCUT2D eigenvalue weighted by atomic mass is 10.2. The van der Waals surface area contributed by atoms with Crippen molar-refractivity contribution in [3.05, 3.63) is 23.8 Å². The first kappa shape index (κ1) is 16.2. The summed E-state index contributed by atoms with van der Waals surface area (Å²) in [6.45, 7) is 2.94. The van der Waals surface area contributed by atoms with Gasteiger partial charge < -0.3 is 14.7 Å². The molecule has 1 heterocycles. The SMILES string of the molecule is COc1ccc(CO)cc1S(=O)(=O)NCCN1CCCC1. The lowest BCUT2D eigenvalue weighted by Crippen LogP contribution is -2.33. The van der Waals surface area contributed by atoms with Crippen LogP contribution in [-0.2, 0) is 16.6 Å². The van der Waals surface area contributed by atoms with E-state index in [4.69, 9.17) is 9.84 Å². The van der Waals surface area contributed by atoms with Gasteiger partial charge in [0, 0.05) is 13.1 Å². The van der Waals surface area contributed by atoms with Crippen molar-refractivity contribution < 1.29 is 18.3 Å². The number of nitrogens with zero attached hydrogens (tertiary/aromatic N) is 1. The van der Waals surface area contributed by atoms with Crippen LogP contribution >= 0.6 is 0 Å². The van der Waals surface area contributed by atoms with E-state index < -0.39 is 10.0 Å². The predicted octanol–water partition coefficient (Wildman–Crippen LogP) is 0.562. The van der Waals surface area contributed by atoms with Gasteiger partial charge in [-0.3, -0.25) is 0 Å². The summed E-state index contributed by atoms with van der Waals surface area (Å²) >= 11 is 0. The number of sulfonamides is 1. The van der Waals surface area contributed by atoms with Crippen molar-refractivity contribution in [2.45, 2.75) is 24.3 Å². The first-order chi connectivity index (χ1) is 10.1. The smallest absolute Gasteiger partial charge is 0.244 e. The summed E-state index contributed by atoms with van der Waals surface area (Å²) in [6.07, 6.45) is 2.36. The van der Waals surface area contributed by atoms with Gasteiger partial charge in [0.2, 0.25) is 10.0 Å². The van der Waals surface area contributed by atoms with Gasteiger partial charge in [0.15, 0.2) is 0 Å². The number of nitrogens with one attached hydrogen (secondary N) is 1. The fourth-order valence-electron chi connectivity index (χ4n) is 2.45. The van der Waals surface area contributed by atoms with Gasteiger partial charge in [0.05, 0.1) is 13.7 Å². The Balaban J connectivity index is 2.06. The Morgan fingerprint density at radius 3 is 2.67 bits per heavy atom. The molecule has 0 spiro atoms. The number of aliphatic hydroxyl groups excluding tert-OH is 1. The minimum absolute atomic E-state index is 0.0676. The highest BCUT2D eigenvalue weighted by molar-refractivity contribution is 7.89. The van der Waals surface area contributed by atoms with Gasteiger partial charge >= 0.3 is 0 Å². The number of rotatable bonds is 7. The lowest BCUT2D eigenvalue weighted by Gasteiger charge is -2.16. The summed E-state index contributed by atoms with van der Waals surface area (Å²) < 4.78 is 32.4. The summed E-state index contributed by atoms with van der Waals surface area (Å²) in [6, 6.07) is 4.64. The number of ether oxygens (including phenoxy) is 1. The standard InChI is InChI=1S/C14H22N2O4S/c1-20-13-5-4-12(11-17)10-14(13)21(18,19)15-6-9-16-7-2-3-8-16/h4-5,10,15,17H,2-3,6-9,11H2,1H3. The molecular weight excluding hydrogens is 292 g/mol. The second-order valence-electron chi connectivity index (χ2n) is 5.09. The highest BCUT2D eigenvalue weighted by Gasteiger charge is 2.20. The molecule has 0 aliphatic carbocycles. The molecule has 7 heteroatoms. The number of methoxy groups -OCH3 is 1. The molecule has 21 heavy (non-hydrogen) atoms. The molecule has 0 saturated carbocycles. The molecule has 0 unspecified atom stereocenters. The van der Waals surface area contributed by atoms with Crippen LogP contribution in [-0.4, -0.2) is 51.7 Å². The molecule has 1 fully saturated rings. The number of benzene rings is 1. The van der Waals surface area contributed by atoms with Gasteiger partial charge in [-0.2, -0.15) is 0 Å². The lowest BCUT2D eigenvalue weighted by molar-refractivity contribution is 0.281. The quantitative estimate of drug-likeness (QED) is 0.769. The number of hydrogen-bond acceptors (Lipinski definition) is 5. The Labute approximate surface area is 125 Å². The van der Waals surface area contributed by atoms with Gasteiger partial charge in [-0.05, 0) is 43.6 Å². The topological polar surface area (TPSA) is 78.9 Å². The highest BCUT2D eigenvalue weighted by atomic mass is 32.2. The molecule has 1 aromatic carbocycles. The third-order valence-corrected chi connectivity index (χ3v) is 5.10. The summed E-state index contributed by atoms with van der Waals surface area (Å²) in [4.78, 5) is 2.31. The van der Waals surface area contributed by atoms with Crippen LogP contribution in [0.5, 0.6) is 5.75 Å². The molecule has 0 bridgehead atoms. The van der Waals surface area contributed by atoms with Crippen molar-refractivity contribution in [3.8, 4) is 5.75 Å². The molecule has 1 saturated heterocycles. The monoisotopic (exact) mass is 314 g/mol. The Kier molecular flexibility index (Phi) is 5.58. The van der Waals surface area contributed by atoms with Gasteiger partial charge in [-0.25, -0.2) is 13.1 Å². The second-order valence-corrected chi connectivity index (χ2v) is 6.83. The fraction of sp³-hybridized carbons (Fsp3) is 0.571. The number of likely N-dealkylation sites (tertiary alicyclic amines) is 1. The minimum atomic E-state index is -3.64. The Morgan fingerprint density at radius 1 is 1.33 bits per heavy atom. The maximum atomic E-state index is 12.4. The van der Waals surface area contributed by atoms with E-state index in [1.165, 1.54) is 26.0 Å². The van der Waals surface area contributed by atoms with Crippen LogP contribution in [0.4, 0.5) is 0 Å². The van der Waals surface area contributed by atoms with Gasteiger partial charge in [-0.15, -0.1) is 0 Å². The first-order valence-electron chi connectivity index (χ1n) is 7.06. The van der Waals surface area contributed by atoms with Crippen molar-refractivity contribution >= 4 is 10.0 Å². The zero-order chi connectivity index (χ0) is 15.3. The van der Waals surface area contributed by atoms with Gasteiger partial charge in [0.1, 0.15) is 10.6 Å². The molecular formula is C14H22N2O4S. The number of aliphatic hydroxyl groups is 1. The molecule has 1 aliphatic heterocycles. The Bertz CT molecular complexity index is 568. The van der Waals surface area contributed by atoms with Crippen LogP contribution in [0.25, 0.3) is 0 Å². The zero-order valence-corrected chi connectivity index (χ0v) is 13.0. The molecule has 0 radical (unpaired) electrons. The zero-order valence-electron chi connectivity index (χ0n) is 12.2. The maximum absolute atomic E-state index is 12.4. The first-order valence-corrected chi connectivity index (χ1v) is 8.55. The molecule has 1 aliphatic rings. The van der Waals surface area contributed by atoms with E-state index in [2.05, 4.69) is 9.62 Å². The van der Waals surface area contributed by atoms with Crippen LogP contribution in [0.1, 0.15) is 18.4 Å². The molecule has 1 aromatic rings. The Hall–Kier alpha value is -1.15. The van der Waals surface area contributed by atoms with Crippen molar-refractivity contribution in [2.24, 2.45) is 0 Å². The van der Waals surface area contributed by atoms with Gasteiger partial charge in [-0.1, -0.05) is 6.07 Å². The summed E-state index contributed by atoms with van der Waals surface area (Å²) in [7, 11) is -2.21. The predicted molar refractivity (Wildman–Crippen MR) is 79.8 cm³/mol. The summed E-state index contributed by atoms with van der Waals surface area (Å²) in [5.74, 6) is 0.279. The van der Waals surface area contributed by atoms with E-state index in [0.717, 1.165) is 13.1 Å². The largest absolute Gasteiger partial charge is 0.495 e. The molecule has 0 atom stereocenters. The Morgan fingerprint density at radius 2 is 2.05 bits per heavy atom. The third kappa shape index (κ3) is 4.16. The van der Waals surface area contributed by atoms with E-state index in [1.54, 1.807) is 12.1 Å². The van der Waals surface area contributed by atoms with E-state index in [-0.39, 0.29) is 17.3 Å². The summed E-state index contributed by atoms with van der Waals surface area (Å²) in [5, 5.41) is 9.15. The van der Waals surface area contributed by atoms with Crippen molar-refractivity contribution in [2.75, 3.05) is 33.3 Å². The van der Waals surface area contributed by atoms with Crippen LogP contribution in [0.2, 0.25) is 0 Å². The fourth-order valence-corrected chi connectivity index (χ4v) is 3.69. The normalized spacial score (nSPS) is 16.3. The van der Waals surface area contributed by atoms with Crippen LogP contribution in [0.3, 0.4) is 0 Å². The molecule has 2 N–H and O–H groups in total. The second kappa shape index (κ2) is 7.22. The molecule has 0 amide bonds. The van der Waals surface area contributed by atoms with Crippen LogP contribution in [0.15, 0.2) is 23.1 Å². The van der Waals surface area contributed by atoms with E-state index in [0.29, 0.717) is 18.7 Å². The van der Waals surface area contributed by atoms with Crippen molar-refractivity contribution in [1.82, 2.24) is 9.62 Å². The van der Waals surface area contributed by atoms with Crippen molar-refractivity contribution in [3.63, 3.8) is 0 Å². The molecule has 6 nitrogen and oxygen atoms in total. The highest BCUT2D eigenvalue weighted by Crippen LogP contribution is 2.24. The van der Waals surface area contributed by atoms with Crippen LogP contribution in [0, 0.1) is 0 Å². The number of hydrogen-bond donors (Lipinski definition) is 2. The minimum Gasteiger partial charge on any atom is -0.495 e. The average Bonchev–Trinajstić information content (AvgIpc) is 2.99. The van der Waals surface area contributed by atoms with Gasteiger partial charge in [0.25, 0.3) is 0 Å². The maximum Gasteiger partial charge on any atom is 0.244 e. The van der Waals surface area contributed by atoms with E-state index >= 15 is 0 Å². The molecule has 2 rings (SSSR count). The van der Waals surface area contributed by atoms with E-state index in [1.807, 2.05) is 0 Å². The summed E-state index contributed by atoms with van der Waals surface area (Å²) in [5.41, 5.74) is 0.538. The van der Waals surface area contributed by atoms with E-state index in [9.17, 15) is 8.42 Å². The average molecular weight is 314 g/mol.